The van der Waals surface area contributed by atoms with Crippen LogP contribution in [0.15, 0.2) is 51.9 Å². The fraction of sp³-hybridized carbons (Fsp3) is 0.350. The van der Waals surface area contributed by atoms with Gasteiger partial charge in [0.25, 0.3) is 5.72 Å². The number of hydrogen-bond donors (Lipinski definition) is 1. The van der Waals surface area contributed by atoms with Gasteiger partial charge < -0.3 is 10.5 Å². The minimum absolute atomic E-state index is 0.377. The van der Waals surface area contributed by atoms with Crippen molar-refractivity contribution in [1.29, 1.82) is 0 Å². The van der Waals surface area contributed by atoms with Gasteiger partial charge in [-0.15, -0.1) is 0 Å². The molecule has 2 heterocycles. The fourth-order valence-corrected chi connectivity index (χ4v) is 4.82. The highest BCUT2D eigenvalue weighted by atomic mass is 79.9. The molecule has 5 nitrogen and oxygen atoms in total. The van der Waals surface area contributed by atoms with E-state index in [0.717, 1.165) is 41.5 Å². The normalized spacial score (nSPS) is 25.6. The highest BCUT2D eigenvalue weighted by Crippen LogP contribution is 2.57. The molecule has 0 fully saturated rings. The molecular formula is C20H20BrN3O2. The van der Waals surface area contributed by atoms with Crippen LogP contribution in [0, 0.1) is 0 Å². The van der Waals surface area contributed by atoms with Crippen molar-refractivity contribution in [3.05, 3.63) is 63.6 Å². The van der Waals surface area contributed by atoms with E-state index in [1.165, 1.54) is 11.1 Å². The van der Waals surface area contributed by atoms with Gasteiger partial charge >= 0.3 is 0 Å². The maximum atomic E-state index is 6.60. The highest BCUT2D eigenvalue weighted by Gasteiger charge is 2.65. The Morgan fingerprint density at radius 2 is 1.81 bits per heavy atom. The molecule has 1 unspecified atom stereocenters. The monoisotopic (exact) mass is 413 g/mol. The lowest BCUT2D eigenvalue weighted by Crippen LogP contribution is -2.52. The van der Waals surface area contributed by atoms with Gasteiger partial charge in [0.05, 0.1) is 5.56 Å². The molecule has 0 radical (unpaired) electrons. The molecule has 2 aliphatic heterocycles. The van der Waals surface area contributed by atoms with Gasteiger partial charge in [0.1, 0.15) is 5.75 Å². The average molecular weight is 414 g/mol. The Morgan fingerprint density at radius 1 is 1.12 bits per heavy atom. The summed E-state index contributed by atoms with van der Waals surface area (Å²) in [5.41, 5.74) is 8.30. The molecule has 0 amide bonds. The Kier molecular flexibility index (Phi) is 3.40. The fourth-order valence-electron chi connectivity index (χ4n) is 4.46. The summed E-state index contributed by atoms with van der Waals surface area (Å²) in [6.07, 6.45) is 3.49. The third-order valence-electron chi connectivity index (χ3n) is 5.81. The Bertz CT molecular complexity index is 902. The van der Waals surface area contributed by atoms with Crippen LogP contribution in [0.25, 0.3) is 0 Å². The van der Waals surface area contributed by atoms with E-state index in [-0.39, 0.29) is 0 Å². The summed E-state index contributed by atoms with van der Waals surface area (Å²) in [6, 6.07) is 14.6. The third kappa shape index (κ3) is 2.09. The standard InChI is InChI=1S/C20H20BrN3O2/c1-24-18(22)23-20(26-24)16-12-15(21)6-7-17(16)25-19(20)10-8-13-4-2-3-5-14(13)9-11-19/h2-7,12H,8-11H2,1H3,(H2,22,23). The van der Waals surface area contributed by atoms with Crippen LogP contribution in [0.1, 0.15) is 29.5 Å². The van der Waals surface area contributed by atoms with Crippen molar-refractivity contribution in [3.8, 4) is 5.75 Å². The van der Waals surface area contributed by atoms with E-state index in [4.69, 9.17) is 20.3 Å². The summed E-state index contributed by atoms with van der Waals surface area (Å²) in [6.45, 7) is 0. The topological polar surface area (TPSA) is 60.1 Å². The molecule has 2 aromatic carbocycles. The Labute approximate surface area is 160 Å². The summed E-state index contributed by atoms with van der Waals surface area (Å²) in [4.78, 5) is 11.1. The van der Waals surface area contributed by atoms with Crippen LogP contribution in [-0.2, 0) is 23.4 Å². The predicted molar refractivity (Wildman–Crippen MR) is 103 cm³/mol. The smallest absolute Gasteiger partial charge is 0.257 e. The van der Waals surface area contributed by atoms with Gasteiger partial charge in [0.2, 0.25) is 5.96 Å². The van der Waals surface area contributed by atoms with Gasteiger partial charge in [-0.05, 0) is 55.0 Å². The van der Waals surface area contributed by atoms with E-state index in [1.54, 1.807) is 12.1 Å². The molecule has 1 aliphatic carbocycles. The van der Waals surface area contributed by atoms with Gasteiger partial charge in [-0.1, -0.05) is 40.2 Å². The van der Waals surface area contributed by atoms with Gasteiger partial charge in [-0.3, -0.25) is 0 Å². The zero-order valence-electron chi connectivity index (χ0n) is 14.5. The van der Waals surface area contributed by atoms with Crippen LogP contribution in [0.5, 0.6) is 5.75 Å². The van der Waals surface area contributed by atoms with Crippen LogP contribution >= 0.6 is 15.9 Å². The SMILES string of the molecule is CN1OC2(N=C1N)c1cc(Br)ccc1OC21CCc2ccccc2CC1. The van der Waals surface area contributed by atoms with Gasteiger partial charge in [-0.25, -0.2) is 14.9 Å². The van der Waals surface area contributed by atoms with E-state index in [0.29, 0.717) is 5.96 Å². The summed E-state index contributed by atoms with van der Waals surface area (Å²) in [7, 11) is 1.79. The average Bonchev–Trinajstić information content (AvgIpc) is 2.98. The van der Waals surface area contributed by atoms with E-state index in [2.05, 4.69) is 40.2 Å². The Balaban J connectivity index is 1.66. The predicted octanol–water partition coefficient (Wildman–Crippen LogP) is 3.50. The summed E-state index contributed by atoms with van der Waals surface area (Å²) in [5, 5.41) is 1.55. The molecule has 0 aromatic heterocycles. The van der Waals surface area contributed by atoms with Crippen molar-refractivity contribution in [2.45, 2.75) is 37.0 Å². The summed E-state index contributed by atoms with van der Waals surface area (Å²) in [5.74, 6) is 1.20. The molecule has 1 atom stereocenters. The van der Waals surface area contributed by atoms with Gasteiger partial charge in [0, 0.05) is 11.5 Å². The van der Waals surface area contributed by atoms with Crippen molar-refractivity contribution >= 4 is 21.9 Å². The molecule has 134 valence electrons. The minimum atomic E-state index is -0.938. The van der Waals surface area contributed by atoms with Crippen molar-refractivity contribution in [3.63, 3.8) is 0 Å². The number of hydrogen-bond acceptors (Lipinski definition) is 5. The first-order valence-electron chi connectivity index (χ1n) is 8.87. The first-order valence-corrected chi connectivity index (χ1v) is 9.66. The Hall–Kier alpha value is -2.05. The largest absolute Gasteiger partial charge is 0.481 e. The van der Waals surface area contributed by atoms with Crippen LogP contribution in [0.2, 0.25) is 0 Å². The van der Waals surface area contributed by atoms with E-state index in [1.807, 2.05) is 18.2 Å². The second-order valence-electron chi connectivity index (χ2n) is 7.21. The van der Waals surface area contributed by atoms with E-state index >= 15 is 0 Å². The number of aliphatic imine (C=N–C) groups is 1. The van der Waals surface area contributed by atoms with Crippen molar-refractivity contribution in [2.75, 3.05) is 7.05 Å². The zero-order chi connectivity index (χ0) is 17.9. The minimum Gasteiger partial charge on any atom is -0.481 e. The highest BCUT2D eigenvalue weighted by molar-refractivity contribution is 9.10. The van der Waals surface area contributed by atoms with Gasteiger partial charge in [0.15, 0.2) is 5.60 Å². The van der Waals surface area contributed by atoms with Crippen molar-refractivity contribution < 1.29 is 9.57 Å². The molecule has 3 aliphatic rings. The lowest BCUT2D eigenvalue weighted by Gasteiger charge is -2.38. The number of fused-ring (bicyclic) bond motifs is 4. The lowest BCUT2D eigenvalue weighted by atomic mass is 9.81. The number of rotatable bonds is 0. The number of halogens is 1. The number of benzene rings is 2. The first kappa shape index (κ1) is 16.1. The number of ether oxygens (including phenoxy) is 1. The molecule has 0 bridgehead atoms. The van der Waals surface area contributed by atoms with Crippen LogP contribution in [0.4, 0.5) is 0 Å². The molecule has 2 aromatic rings. The van der Waals surface area contributed by atoms with E-state index in [9.17, 15) is 0 Å². The summed E-state index contributed by atoms with van der Waals surface area (Å²) < 4.78 is 7.57. The van der Waals surface area contributed by atoms with Crippen LogP contribution in [-0.4, -0.2) is 23.7 Å². The first-order chi connectivity index (χ1) is 12.5. The molecule has 0 saturated carbocycles. The number of guanidine groups is 1. The number of nitrogens with two attached hydrogens (primary N) is 1. The maximum absolute atomic E-state index is 6.60. The van der Waals surface area contributed by atoms with E-state index < -0.39 is 11.3 Å². The second-order valence-corrected chi connectivity index (χ2v) is 8.12. The Morgan fingerprint density at radius 3 is 2.42 bits per heavy atom. The van der Waals surface area contributed by atoms with Gasteiger partial charge in [-0.2, -0.15) is 0 Å². The zero-order valence-corrected chi connectivity index (χ0v) is 16.1. The molecule has 6 heteroatoms. The van der Waals surface area contributed by atoms with Crippen molar-refractivity contribution in [1.82, 2.24) is 5.06 Å². The quantitative estimate of drug-likeness (QED) is 0.717. The molecule has 0 saturated heterocycles. The second kappa shape index (κ2) is 5.47. The number of nitrogens with zero attached hydrogens (tertiary/aromatic N) is 2. The number of hydroxylamine groups is 2. The molecular weight excluding hydrogens is 394 g/mol. The summed E-state index contributed by atoms with van der Waals surface area (Å²) >= 11 is 3.57. The third-order valence-corrected chi connectivity index (χ3v) is 6.30. The molecule has 26 heavy (non-hydrogen) atoms. The molecule has 5 rings (SSSR count). The molecule has 2 N–H and O–H groups in total. The maximum Gasteiger partial charge on any atom is 0.257 e. The number of aryl methyl sites for hydroxylation is 2. The van der Waals surface area contributed by atoms with Crippen LogP contribution in [0.3, 0.4) is 0 Å². The lowest BCUT2D eigenvalue weighted by molar-refractivity contribution is -0.234. The van der Waals surface area contributed by atoms with Crippen LogP contribution < -0.4 is 10.5 Å². The van der Waals surface area contributed by atoms with Crippen molar-refractivity contribution in [2.24, 2.45) is 10.7 Å². The molecule has 2 spiro atoms.